The Morgan fingerprint density at radius 2 is 2.05 bits per heavy atom. The normalized spacial score (nSPS) is 17.8. The zero-order valence-corrected chi connectivity index (χ0v) is 12.7. The van der Waals surface area contributed by atoms with E-state index in [1.165, 1.54) is 25.7 Å². The highest BCUT2D eigenvalue weighted by Crippen LogP contribution is 2.32. The minimum absolute atomic E-state index is 0.122. The van der Waals surface area contributed by atoms with Crippen molar-refractivity contribution in [3.63, 3.8) is 0 Å². The van der Waals surface area contributed by atoms with Crippen molar-refractivity contribution in [1.82, 2.24) is 5.32 Å². The molecule has 0 amide bonds. The van der Waals surface area contributed by atoms with Crippen LogP contribution in [0.25, 0.3) is 0 Å². The van der Waals surface area contributed by atoms with E-state index >= 15 is 0 Å². The maximum absolute atomic E-state index is 13.5. The Kier molecular flexibility index (Phi) is 5.71. The lowest BCUT2D eigenvalue weighted by atomic mass is 10.1. The molecule has 1 atom stereocenters. The molecule has 1 aromatic carbocycles. The fraction of sp³-hybridized carbons (Fsp3) is 0.625. The number of hydrogen-bond acceptors (Lipinski definition) is 2. The lowest BCUT2D eigenvalue weighted by Crippen LogP contribution is -2.24. The van der Waals surface area contributed by atoms with Crippen molar-refractivity contribution in [1.29, 1.82) is 0 Å². The third kappa shape index (κ3) is 4.50. The highest BCUT2D eigenvalue weighted by atomic mass is 32.2. The van der Waals surface area contributed by atoms with Gasteiger partial charge in [-0.3, -0.25) is 0 Å². The molecule has 1 aliphatic rings. The molecule has 1 saturated carbocycles. The van der Waals surface area contributed by atoms with Crippen LogP contribution in [0.3, 0.4) is 0 Å². The number of hydrogen-bond donors (Lipinski definition) is 1. The van der Waals surface area contributed by atoms with Gasteiger partial charge in [-0.05, 0) is 49.6 Å². The van der Waals surface area contributed by atoms with E-state index in [0.717, 1.165) is 28.7 Å². The lowest BCUT2D eigenvalue weighted by molar-refractivity contribution is 0.587. The smallest absolute Gasteiger partial charge is 0.123 e. The number of rotatable bonds is 6. The second-order valence-corrected chi connectivity index (χ2v) is 6.75. The zero-order chi connectivity index (χ0) is 13.7. The molecule has 0 radical (unpaired) electrons. The van der Waals surface area contributed by atoms with Gasteiger partial charge in [0.25, 0.3) is 0 Å². The molecule has 0 heterocycles. The van der Waals surface area contributed by atoms with Crippen LogP contribution < -0.4 is 5.32 Å². The Labute approximate surface area is 120 Å². The molecule has 0 saturated heterocycles. The van der Waals surface area contributed by atoms with Crippen LogP contribution in [0.4, 0.5) is 4.39 Å². The fourth-order valence-corrected chi connectivity index (χ4v) is 4.21. The van der Waals surface area contributed by atoms with Crippen LogP contribution in [-0.2, 0) is 0 Å². The zero-order valence-electron chi connectivity index (χ0n) is 11.9. The van der Waals surface area contributed by atoms with Crippen molar-refractivity contribution < 1.29 is 4.39 Å². The number of benzene rings is 1. The summed E-state index contributed by atoms with van der Waals surface area (Å²) in [6.45, 7) is 4.99. The first-order valence-electron chi connectivity index (χ1n) is 7.31. The summed E-state index contributed by atoms with van der Waals surface area (Å²) in [5, 5.41) is 4.31. The highest BCUT2D eigenvalue weighted by molar-refractivity contribution is 7.99. The predicted octanol–water partition coefficient (Wildman–Crippen LogP) is 4.46. The lowest BCUT2D eigenvalue weighted by Gasteiger charge is -2.20. The second-order valence-electron chi connectivity index (χ2n) is 5.41. The summed E-state index contributed by atoms with van der Waals surface area (Å²) in [4.78, 5) is 0. The third-order valence-corrected chi connectivity index (χ3v) is 5.19. The summed E-state index contributed by atoms with van der Waals surface area (Å²) in [6.07, 6.45) is 5.46. The molecule has 2 rings (SSSR count). The van der Waals surface area contributed by atoms with E-state index in [2.05, 4.69) is 30.1 Å². The maximum Gasteiger partial charge on any atom is 0.123 e. The van der Waals surface area contributed by atoms with Crippen molar-refractivity contribution in [2.45, 2.75) is 50.8 Å². The average Bonchev–Trinajstić information content (AvgIpc) is 2.86. The molecule has 0 bridgehead atoms. The van der Waals surface area contributed by atoms with Gasteiger partial charge in [0.15, 0.2) is 0 Å². The van der Waals surface area contributed by atoms with Gasteiger partial charge in [0.2, 0.25) is 0 Å². The Bertz CT molecular complexity index is 381. The van der Waals surface area contributed by atoms with Crippen LogP contribution >= 0.6 is 11.8 Å². The Hall–Kier alpha value is -0.540. The first kappa shape index (κ1) is 14.9. The second kappa shape index (κ2) is 7.30. The molecule has 0 aliphatic heterocycles. The minimum Gasteiger partial charge on any atom is -0.310 e. The van der Waals surface area contributed by atoms with Crippen molar-refractivity contribution in [2.75, 3.05) is 12.3 Å². The molecule has 19 heavy (non-hydrogen) atoms. The number of thioether (sulfide) groups is 1. The molecule has 0 spiro atoms. The quantitative estimate of drug-likeness (QED) is 0.826. The Balaban J connectivity index is 2.00. The molecule has 0 aromatic heterocycles. The summed E-state index contributed by atoms with van der Waals surface area (Å²) in [5.41, 5.74) is 2.09. The van der Waals surface area contributed by atoms with Gasteiger partial charge in [-0.2, -0.15) is 11.8 Å². The van der Waals surface area contributed by atoms with E-state index in [-0.39, 0.29) is 11.9 Å². The van der Waals surface area contributed by atoms with E-state index in [0.29, 0.717) is 0 Å². The van der Waals surface area contributed by atoms with Crippen LogP contribution in [0.1, 0.15) is 49.8 Å². The third-order valence-electron chi connectivity index (χ3n) is 3.72. The van der Waals surface area contributed by atoms with Crippen LogP contribution in [0.5, 0.6) is 0 Å². The van der Waals surface area contributed by atoms with Gasteiger partial charge in [-0.15, -0.1) is 0 Å². The Morgan fingerprint density at radius 3 is 2.68 bits per heavy atom. The van der Waals surface area contributed by atoms with E-state index < -0.39 is 0 Å². The van der Waals surface area contributed by atoms with Gasteiger partial charge in [0.1, 0.15) is 5.82 Å². The van der Waals surface area contributed by atoms with Crippen molar-refractivity contribution >= 4 is 11.8 Å². The molecule has 1 aromatic rings. The summed E-state index contributed by atoms with van der Waals surface area (Å²) in [7, 11) is 0. The highest BCUT2D eigenvalue weighted by Gasteiger charge is 2.18. The van der Waals surface area contributed by atoms with Crippen molar-refractivity contribution in [3.8, 4) is 0 Å². The topological polar surface area (TPSA) is 12.0 Å². The van der Waals surface area contributed by atoms with Crippen LogP contribution in [0, 0.1) is 12.7 Å². The van der Waals surface area contributed by atoms with Crippen molar-refractivity contribution in [3.05, 3.63) is 35.1 Å². The first-order chi connectivity index (χ1) is 9.19. The van der Waals surface area contributed by atoms with Crippen LogP contribution in [-0.4, -0.2) is 17.5 Å². The molecule has 106 valence electrons. The first-order valence-corrected chi connectivity index (χ1v) is 8.36. The van der Waals surface area contributed by atoms with Crippen LogP contribution in [0.15, 0.2) is 18.2 Å². The molecular formula is C16H24FNS. The molecule has 1 unspecified atom stereocenters. The van der Waals surface area contributed by atoms with Gasteiger partial charge in [0.05, 0.1) is 0 Å². The number of nitrogens with one attached hydrogen (secondary N) is 1. The number of halogens is 1. The van der Waals surface area contributed by atoms with E-state index in [1.807, 2.05) is 6.92 Å². The fourth-order valence-electron chi connectivity index (χ4n) is 2.77. The standard InChI is InChI=1S/C16H24FNS/c1-3-18-16(11-19-15-6-4-5-7-15)13-8-12(2)9-14(17)10-13/h8-10,15-16,18H,3-7,11H2,1-2H3. The molecule has 1 nitrogen and oxygen atoms in total. The van der Waals surface area contributed by atoms with Gasteiger partial charge < -0.3 is 5.32 Å². The minimum atomic E-state index is -0.122. The maximum atomic E-state index is 13.5. The monoisotopic (exact) mass is 281 g/mol. The SMILES string of the molecule is CCNC(CSC1CCCC1)c1cc(C)cc(F)c1. The van der Waals surface area contributed by atoms with Crippen LogP contribution in [0.2, 0.25) is 0 Å². The molecule has 1 aliphatic carbocycles. The van der Waals surface area contributed by atoms with Gasteiger partial charge in [-0.25, -0.2) is 4.39 Å². The van der Waals surface area contributed by atoms with Crippen molar-refractivity contribution in [2.24, 2.45) is 0 Å². The molecule has 3 heteroatoms. The summed E-state index contributed by atoms with van der Waals surface area (Å²) < 4.78 is 13.5. The van der Waals surface area contributed by atoms with E-state index in [1.54, 1.807) is 12.1 Å². The summed E-state index contributed by atoms with van der Waals surface area (Å²) in [6, 6.07) is 5.64. The Morgan fingerprint density at radius 1 is 1.32 bits per heavy atom. The van der Waals surface area contributed by atoms with Gasteiger partial charge in [-0.1, -0.05) is 25.8 Å². The summed E-state index contributed by atoms with van der Waals surface area (Å²) in [5.74, 6) is 0.922. The average molecular weight is 281 g/mol. The number of aryl methyl sites for hydroxylation is 1. The molecular weight excluding hydrogens is 257 g/mol. The van der Waals surface area contributed by atoms with E-state index in [4.69, 9.17) is 0 Å². The predicted molar refractivity (Wildman–Crippen MR) is 82.3 cm³/mol. The molecule has 1 fully saturated rings. The largest absolute Gasteiger partial charge is 0.310 e. The van der Waals surface area contributed by atoms with Gasteiger partial charge in [0, 0.05) is 17.0 Å². The van der Waals surface area contributed by atoms with E-state index in [9.17, 15) is 4.39 Å². The summed E-state index contributed by atoms with van der Waals surface area (Å²) >= 11 is 2.05. The molecule has 1 N–H and O–H groups in total. The van der Waals surface area contributed by atoms with Gasteiger partial charge >= 0.3 is 0 Å².